The standard InChI is InChI=1S/C20H34N3O5P.C19H32N3O4PS.C16H27N2O5P.2C15H25N2O5P/c1-13(2)7-9-21-11-14-12-23(20(26)22-18(14)25)19-17(27-3)16(24)15(28-19)8-10-29(4,5)6;1-12(2)6-8-20-10-13-11-22(19(28)21-17(13)25)18-16(24)15(23)14(26-18)7-9-27(3,4)5;1-5-7-18-9-10(15(21)17-16(18)22)14-13(20)12(19)11(23-14)6-8-24(2,3)4;1-16-8-9(14(20)17(2)15(16)21)13-12(19)11(18)10(22-13)6-7-23(3,4)5;1-5-17-8-9(14(20)16-15(17)21)13-12(19)11(18)10(22-13)6-7-23(2,3)4/h7,12,15-17,19,21,24H,4,8-11H2,1-3,5-6H3,(H,22,25,26);6,11,14-16,18,20,23-24H,3,7-10H2,1-2,4-5H3,(H,21,25,28);9,11-14,19-20H,2,5-8H2,1,3-4H3,(H,17,21,22);8,10-13,18-19H,3,6-7H2,1-2,4-5H3;8,10-13,18-19H,2,5-7H2,1,3-4H3,(H,16,20,21)/t15-,16-,17-,19-;14-,15-,16-,18-;11-,12-,13-,14?;2*10-,11-,12-,13?/m11111/s1. The molecule has 127 heavy (non-hydrogen) atoms. The van der Waals surface area contributed by atoms with Gasteiger partial charge in [0, 0.05) is 103 Å². The molecule has 3 unspecified atom stereocenters. The topological polar surface area (TPSA) is 508 Å². The van der Waals surface area contributed by atoms with Gasteiger partial charge in [0.2, 0.25) is 0 Å². The molecule has 15 N–H and O–H groups in total. The molecule has 10 rings (SSSR count). The fourth-order valence-corrected chi connectivity index (χ4v) is 19.5. The molecule has 36 nitrogen and oxygen atoms in total. The molecule has 5 aromatic rings. The molecule has 5 aromatic heterocycles. The molecular weight excluding hydrogens is 1760 g/mol. The molecule has 5 aliphatic heterocycles. The second-order valence-electron chi connectivity index (χ2n) is 37.2. The van der Waals surface area contributed by atoms with Crippen LogP contribution in [0.4, 0.5) is 0 Å². The Morgan fingerprint density at radius 3 is 1.18 bits per heavy atom. The van der Waals surface area contributed by atoms with Crippen LogP contribution >= 0.6 is 46.6 Å². The van der Waals surface area contributed by atoms with Gasteiger partial charge < -0.3 is 98.7 Å². The molecule has 0 aliphatic carbocycles. The molecule has 0 bridgehead atoms. The van der Waals surface area contributed by atoms with Crippen LogP contribution in [0, 0.1) is 4.77 Å². The molecule has 0 spiro atoms. The first-order valence-electron chi connectivity index (χ1n) is 42.4. The quantitative estimate of drug-likeness (QED) is 0.0127. The van der Waals surface area contributed by atoms with Gasteiger partial charge in [-0.3, -0.25) is 57.6 Å². The third kappa shape index (κ3) is 31.9. The summed E-state index contributed by atoms with van der Waals surface area (Å²) in [4.78, 5) is 118. The van der Waals surface area contributed by atoms with Gasteiger partial charge >= 0.3 is 22.8 Å². The molecule has 0 radical (unpaired) electrons. The Hall–Kier alpha value is -5.88. The van der Waals surface area contributed by atoms with Crippen molar-refractivity contribution in [3.05, 3.63) is 181 Å². The average Bonchev–Trinajstić information content (AvgIpc) is 1.63. The Labute approximate surface area is 747 Å². The van der Waals surface area contributed by atoms with Gasteiger partial charge in [-0.25, -0.2) is 19.2 Å². The average molecular weight is 1900 g/mol. The minimum Gasteiger partial charge on any atom is -0.388 e. The van der Waals surface area contributed by atoms with Crippen molar-refractivity contribution in [2.75, 3.05) is 118 Å². The zero-order valence-electron chi connectivity index (χ0n) is 77.1. The fraction of sp³-hybridized carbons (Fsp3) is 0.659. The summed E-state index contributed by atoms with van der Waals surface area (Å²) in [5.41, 5.74) is -0.708. The monoisotopic (exact) mass is 1900 g/mol. The maximum absolute atomic E-state index is 12.4. The number of allylic oxidation sites excluding steroid dienone is 2. The summed E-state index contributed by atoms with van der Waals surface area (Å²) in [6.45, 7) is 29.1. The molecule has 0 aromatic carbocycles. The SMILES string of the molecule is C=P(C)(C)CC[C@H]1OC(c2cn(C)c(=O)n(C)c2=O)[C@H](O)[C@@H]1O.C=P(C)(C)CC[C@H]1OC(c2cn(CC)c(=O)[nH]c2=O)[C@H](O)[C@@H]1O.C=P(C)(C)CC[C@H]1OC(c2cn(CCC)c(=O)[nH]c2=O)[C@H](O)[C@@H]1O.C=P(C)(C)CC[C@H]1O[C@@H](n2cc(CNCC=C(C)C)c(=O)[nH]c2=O)[C@H](OC)[C@@H]1O.C=P(C)(C)CC[C@H]1O[C@@H](n2cc(CNCC=C(C)C)c(=O)[nH]c2=S)[C@H](O)[C@@H]1O. The summed E-state index contributed by atoms with van der Waals surface area (Å²) in [5, 5.41) is 99.4. The molecule has 5 fully saturated rings. The second kappa shape index (κ2) is 47.7. The minimum atomic E-state index is -1.28. The van der Waals surface area contributed by atoms with Gasteiger partial charge in [0.05, 0.1) is 47.2 Å². The summed E-state index contributed by atoms with van der Waals surface area (Å²) in [6.07, 6.45) is 22.4. The van der Waals surface area contributed by atoms with Crippen LogP contribution in [-0.4, -0.2) is 334 Å². The lowest BCUT2D eigenvalue weighted by Gasteiger charge is -2.21. The number of hydrogen-bond donors (Lipinski definition) is 15. The van der Waals surface area contributed by atoms with Crippen LogP contribution in [0.1, 0.15) is 139 Å². The van der Waals surface area contributed by atoms with Gasteiger partial charge in [-0.05, 0) is 183 Å². The Balaban J connectivity index is 0.000000246. The highest BCUT2D eigenvalue weighted by Crippen LogP contribution is 2.45. The van der Waals surface area contributed by atoms with Crippen molar-refractivity contribution in [3.8, 4) is 0 Å². The number of aromatic nitrogens is 10. The highest BCUT2D eigenvalue weighted by Gasteiger charge is 2.49. The van der Waals surface area contributed by atoms with Crippen LogP contribution in [0.15, 0.2) is 97.4 Å². The number of ether oxygens (including phenoxy) is 6. The minimum absolute atomic E-state index is 0.153. The number of methoxy groups -OCH3 is 1. The van der Waals surface area contributed by atoms with Crippen molar-refractivity contribution in [1.82, 2.24) is 58.0 Å². The van der Waals surface area contributed by atoms with Crippen LogP contribution in [0.2, 0.25) is 0 Å². The van der Waals surface area contributed by atoms with Gasteiger partial charge in [0.15, 0.2) is 17.2 Å². The third-order valence-corrected chi connectivity index (χ3v) is 29.6. The lowest BCUT2D eigenvalue weighted by atomic mass is 10.0. The number of H-pyrrole nitrogens is 4. The number of nitrogens with one attached hydrogen (secondary N) is 6. The van der Waals surface area contributed by atoms with Crippen LogP contribution in [-0.2, 0) is 68.7 Å². The maximum atomic E-state index is 12.4. The van der Waals surface area contributed by atoms with E-state index < -0.39 is 202 Å². The summed E-state index contributed by atoms with van der Waals surface area (Å²) >= 11 is 5.26. The normalized spacial score (nSPS) is 26.6. The van der Waals surface area contributed by atoms with Gasteiger partial charge in [0.1, 0.15) is 79.4 Å². The summed E-state index contributed by atoms with van der Waals surface area (Å²) in [7, 11) is 4.37. The number of rotatable bonds is 32. The van der Waals surface area contributed by atoms with Crippen molar-refractivity contribution in [2.45, 2.75) is 229 Å². The number of nitrogens with zero attached hydrogens (tertiary/aromatic N) is 6. The Morgan fingerprint density at radius 2 is 0.795 bits per heavy atom. The first-order chi connectivity index (χ1) is 58.8. The van der Waals surface area contributed by atoms with Crippen molar-refractivity contribution in [3.63, 3.8) is 0 Å². The number of aryl methyl sites for hydroxylation is 3. The van der Waals surface area contributed by atoms with E-state index in [4.69, 9.17) is 40.6 Å². The Morgan fingerprint density at radius 1 is 0.449 bits per heavy atom. The lowest BCUT2D eigenvalue weighted by molar-refractivity contribution is -0.0542. The van der Waals surface area contributed by atoms with E-state index in [0.29, 0.717) is 82.5 Å². The van der Waals surface area contributed by atoms with E-state index in [1.165, 1.54) is 80.0 Å². The number of aliphatic hydroxyl groups is 9. The molecule has 5 aliphatic rings. The number of aromatic amines is 4. The van der Waals surface area contributed by atoms with Crippen LogP contribution in [0.5, 0.6) is 0 Å². The molecule has 718 valence electrons. The van der Waals surface area contributed by atoms with E-state index in [1.54, 1.807) is 13.1 Å². The zero-order valence-corrected chi connectivity index (χ0v) is 82.4. The lowest BCUT2D eigenvalue weighted by Crippen LogP contribution is -2.40. The molecule has 20 atom stereocenters. The van der Waals surface area contributed by atoms with Crippen molar-refractivity contribution >= 4 is 78.1 Å². The third-order valence-electron chi connectivity index (χ3n) is 22.0. The predicted molar refractivity (Wildman–Crippen MR) is 517 cm³/mol. The van der Waals surface area contributed by atoms with E-state index in [9.17, 15) is 89.1 Å². The largest absolute Gasteiger partial charge is 0.388 e. The first-order valence-corrected chi connectivity index (χ1v) is 58.1. The maximum Gasteiger partial charge on any atom is 0.330 e. The number of aliphatic hydroxyl groups excluding tert-OH is 9. The van der Waals surface area contributed by atoms with E-state index >= 15 is 0 Å². The summed E-state index contributed by atoms with van der Waals surface area (Å²) in [6, 6.07) is 0. The van der Waals surface area contributed by atoms with E-state index in [1.807, 2.05) is 46.8 Å². The first kappa shape index (κ1) is 110. The van der Waals surface area contributed by atoms with E-state index in [0.717, 1.165) is 41.8 Å². The van der Waals surface area contributed by atoms with Gasteiger partial charge in [-0.15, -0.1) is 65.9 Å². The molecule has 0 saturated carbocycles. The van der Waals surface area contributed by atoms with Crippen molar-refractivity contribution < 1.29 is 74.4 Å². The van der Waals surface area contributed by atoms with Crippen LogP contribution in [0.25, 0.3) is 0 Å². The zero-order chi connectivity index (χ0) is 95.8. The smallest absolute Gasteiger partial charge is 0.330 e. The van der Waals surface area contributed by atoms with E-state index in [-0.39, 0.29) is 27.0 Å². The van der Waals surface area contributed by atoms with Crippen molar-refractivity contribution in [2.24, 2.45) is 14.1 Å². The molecule has 5 saturated heterocycles. The van der Waals surface area contributed by atoms with Gasteiger partial charge in [0.25, 0.3) is 27.8 Å². The molecule has 42 heteroatoms. The van der Waals surface area contributed by atoms with Crippen LogP contribution < -0.4 is 61.2 Å². The van der Waals surface area contributed by atoms with Gasteiger partial charge in [-0.1, -0.05) is 30.2 Å². The predicted octanol–water partition coefficient (Wildman–Crippen LogP) is 2.02. The van der Waals surface area contributed by atoms with E-state index in [2.05, 4.69) is 129 Å². The van der Waals surface area contributed by atoms with Gasteiger partial charge in [-0.2, -0.15) is 0 Å². The Bertz CT molecular complexity index is 5500. The molecule has 10 heterocycles. The van der Waals surface area contributed by atoms with Crippen LogP contribution in [0.3, 0.4) is 0 Å². The highest BCUT2D eigenvalue weighted by atomic mass is 32.1. The molecular formula is C85H143N12O24P5S. The summed E-state index contributed by atoms with van der Waals surface area (Å²) < 4.78 is 42.6. The molecule has 0 amide bonds. The Kier molecular flexibility index (Phi) is 41.2. The second-order valence-corrected chi connectivity index (χ2v) is 59.2. The highest BCUT2D eigenvalue weighted by molar-refractivity contribution is 7.73. The summed E-state index contributed by atoms with van der Waals surface area (Å²) in [5.74, 6) is 0. The van der Waals surface area contributed by atoms with Crippen molar-refractivity contribution in [1.29, 1.82) is 0 Å². The fourth-order valence-electron chi connectivity index (χ4n) is 14.5. The number of hydrogen-bond acceptors (Lipinski definition) is 27.